The fourth-order valence-corrected chi connectivity index (χ4v) is 4.02. The quantitative estimate of drug-likeness (QED) is 0.682. The van der Waals surface area contributed by atoms with Crippen LogP contribution in [0.3, 0.4) is 0 Å². The second-order valence-corrected chi connectivity index (χ2v) is 7.34. The average molecular weight is 459 g/mol. The van der Waals surface area contributed by atoms with Crippen LogP contribution in [0.5, 0.6) is 5.75 Å². The van der Waals surface area contributed by atoms with Gasteiger partial charge in [-0.3, -0.25) is 0 Å². The third-order valence-electron chi connectivity index (χ3n) is 3.82. The molecule has 0 saturated heterocycles. The fraction of sp³-hybridized carbons (Fsp3) is 0.294. The number of benzene rings is 2. The lowest BCUT2D eigenvalue weighted by Gasteiger charge is -2.16. The van der Waals surface area contributed by atoms with Crippen molar-refractivity contribution in [3.63, 3.8) is 0 Å². The molecule has 0 saturated carbocycles. The van der Waals surface area contributed by atoms with E-state index in [0.29, 0.717) is 6.42 Å². The van der Waals surface area contributed by atoms with E-state index in [1.54, 1.807) is 0 Å². The molecule has 2 nitrogen and oxygen atoms in total. The molecule has 2 aromatic rings. The lowest BCUT2D eigenvalue weighted by atomic mass is 9.98. The Balaban J connectivity index is 1.92. The smallest absolute Gasteiger partial charge is 0.125 e. The Labute approximate surface area is 146 Å². The van der Waals surface area contributed by atoms with Gasteiger partial charge in [0.15, 0.2) is 0 Å². The molecule has 0 spiro atoms. The fourth-order valence-electron chi connectivity index (χ4n) is 2.74. The van der Waals surface area contributed by atoms with Gasteiger partial charge in [0, 0.05) is 20.9 Å². The highest BCUT2D eigenvalue weighted by atomic mass is 127. The lowest BCUT2D eigenvalue weighted by Crippen LogP contribution is -2.06. The molecule has 1 atom stereocenters. The Morgan fingerprint density at radius 2 is 2.19 bits per heavy atom. The van der Waals surface area contributed by atoms with Crippen LogP contribution in [0.1, 0.15) is 28.4 Å². The van der Waals surface area contributed by atoms with Crippen LogP contribution in [-0.2, 0) is 12.8 Å². The van der Waals surface area contributed by atoms with Crippen LogP contribution in [0.15, 0.2) is 34.8 Å². The average Bonchev–Trinajstić information content (AvgIpc) is 2.90. The number of hydrogen-bond acceptors (Lipinski definition) is 2. The van der Waals surface area contributed by atoms with E-state index in [1.807, 2.05) is 12.1 Å². The van der Waals surface area contributed by atoms with Crippen molar-refractivity contribution >= 4 is 38.5 Å². The highest BCUT2D eigenvalue weighted by Crippen LogP contribution is 2.36. The SMILES string of the molecule is Cc1cccc(C(O)Cc2cc(Br)cc3c2OCC3)c1I. The predicted molar refractivity (Wildman–Crippen MR) is 95.9 cm³/mol. The molecule has 0 amide bonds. The normalized spacial score (nSPS) is 14.7. The summed E-state index contributed by atoms with van der Waals surface area (Å²) in [5.41, 5.74) is 4.48. The van der Waals surface area contributed by atoms with E-state index in [9.17, 15) is 5.11 Å². The molecule has 0 bridgehead atoms. The third kappa shape index (κ3) is 3.12. The number of rotatable bonds is 3. The molecule has 0 radical (unpaired) electrons. The van der Waals surface area contributed by atoms with E-state index in [-0.39, 0.29) is 0 Å². The van der Waals surface area contributed by atoms with Crippen molar-refractivity contribution in [2.24, 2.45) is 0 Å². The summed E-state index contributed by atoms with van der Waals surface area (Å²) in [6.07, 6.45) is 1.00. The topological polar surface area (TPSA) is 29.5 Å². The van der Waals surface area contributed by atoms with Gasteiger partial charge in [-0.2, -0.15) is 0 Å². The van der Waals surface area contributed by atoms with Crippen LogP contribution in [0.25, 0.3) is 0 Å². The zero-order chi connectivity index (χ0) is 15.0. The summed E-state index contributed by atoms with van der Waals surface area (Å²) >= 11 is 5.86. The summed E-state index contributed by atoms with van der Waals surface area (Å²) in [5.74, 6) is 0.958. The molecule has 2 aromatic carbocycles. The second-order valence-electron chi connectivity index (χ2n) is 5.35. The maximum absolute atomic E-state index is 10.6. The van der Waals surface area contributed by atoms with E-state index < -0.39 is 6.10 Å². The minimum Gasteiger partial charge on any atom is -0.493 e. The maximum atomic E-state index is 10.6. The molecular weight excluding hydrogens is 443 g/mol. The lowest BCUT2D eigenvalue weighted by molar-refractivity contribution is 0.176. The van der Waals surface area contributed by atoms with Crippen molar-refractivity contribution in [1.82, 2.24) is 0 Å². The van der Waals surface area contributed by atoms with Gasteiger partial charge in [-0.25, -0.2) is 0 Å². The van der Waals surface area contributed by atoms with Crippen LogP contribution in [0.2, 0.25) is 0 Å². The monoisotopic (exact) mass is 458 g/mol. The summed E-state index contributed by atoms with van der Waals surface area (Å²) in [6, 6.07) is 10.2. The van der Waals surface area contributed by atoms with Crippen LogP contribution in [0, 0.1) is 10.5 Å². The molecule has 1 aliphatic rings. The Kier molecular flexibility index (Phi) is 4.57. The largest absolute Gasteiger partial charge is 0.493 e. The molecule has 1 aliphatic heterocycles. The molecule has 4 heteroatoms. The van der Waals surface area contributed by atoms with Gasteiger partial charge in [0.05, 0.1) is 12.7 Å². The molecule has 110 valence electrons. The van der Waals surface area contributed by atoms with Gasteiger partial charge in [-0.05, 0) is 63.9 Å². The van der Waals surface area contributed by atoms with E-state index in [1.165, 1.54) is 11.1 Å². The predicted octanol–water partition coefficient (Wildman–Crippen LogP) is 4.57. The van der Waals surface area contributed by atoms with Gasteiger partial charge in [-0.1, -0.05) is 34.1 Å². The zero-order valence-electron chi connectivity index (χ0n) is 11.7. The van der Waals surface area contributed by atoms with Crippen LogP contribution < -0.4 is 4.74 Å². The molecule has 0 aromatic heterocycles. The van der Waals surface area contributed by atoms with Crippen molar-refractivity contribution in [2.45, 2.75) is 25.9 Å². The standard InChI is InChI=1S/C17H16BrIO2/c1-10-3-2-4-14(16(10)19)15(20)9-12-8-13(18)7-11-5-6-21-17(11)12/h2-4,7-8,15,20H,5-6,9H2,1H3. The Bertz CT molecular complexity index is 685. The summed E-state index contributed by atoms with van der Waals surface area (Å²) in [5, 5.41) is 10.6. The minimum atomic E-state index is -0.514. The molecule has 1 heterocycles. The van der Waals surface area contributed by atoms with Gasteiger partial charge >= 0.3 is 0 Å². The first kappa shape index (κ1) is 15.3. The minimum absolute atomic E-state index is 0.514. The van der Waals surface area contributed by atoms with E-state index >= 15 is 0 Å². The summed E-state index contributed by atoms with van der Waals surface area (Å²) in [7, 11) is 0. The number of aryl methyl sites for hydroxylation is 1. The molecule has 1 N–H and O–H groups in total. The highest BCUT2D eigenvalue weighted by molar-refractivity contribution is 14.1. The molecule has 3 rings (SSSR count). The Hall–Kier alpha value is -0.590. The highest BCUT2D eigenvalue weighted by Gasteiger charge is 2.21. The first-order valence-corrected chi connectivity index (χ1v) is 8.80. The number of hydrogen-bond donors (Lipinski definition) is 1. The molecular formula is C17H16BrIO2. The number of halogens is 2. The zero-order valence-corrected chi connectivity index (χ0v) is 15.4. The number of aliphatic hydroxyl groups excluding tert-OH is 1. The van der Waals surface area contributed by atoms with Crippen LogP contribution in [0.4, 0.5) is 0 Å². The molecule has 0 aliphatic carbocycles. The van der Waals surface area contributed by atoms with E-state index in [4.69, 9.17) is 4.74 Å². The van der Waals surface area contributed by atoms with Crippen molar-refractivity contribution < 1.29 is 9.84 Å². The second kappa shape index (κ2) is 6.26. The van der Waals surface area contributed by atoms with Crippen molar-refractivity contribution in [2.75, 3.05) is 6.61 Å². The molecule has 1 unspecified atom stereocenters. The number of fused-ring (bicyclic) bond motifs is 1. The molecule has 0 fully saturated rings. The molecule has 21 heavy (non-hydrogen) atoms. The Morgan fingerprint density at radius 1 is 1.38 bits per heavy atom. The summed E-state index contributed by atoms with van der Waals surface area (Å²) < 4.78 is 7.92. The van der Waals surface area contributed by atoms with Crippen molar-refractivity contribution in [3.05, 3.63) is 60.6 Å². The van der Waals surface area contributed by atoms with Gasteiger partial charge < -0.3 is 9.84 Å². The van der Waals surface area contributed by atoms with E-state index in [0.717, 1.165) is 37.9 Å². The number of ether oxygens (including phenoxy) is 1. The maximum Gasteiger partial charge on any atom is 0.125 e. The number of aliphatic hydroxyl groups is 1. The first-order chi connectivity index (χ1) is 10.1. The Morgan fingerprint density at radius 3 is 3.00 bits per heavy atom. The van der Waals surface area contributed by atoms with Crippen molar-refractivity contribution in [1.29, 1.82) is 0 Å². The van der Waals surface area contributed by atoms with Gasteiger partial charge in [0.1, 0.15) is 5.75 Å². The summed E-state index contributed by atoms with van der Waals surface area (Å²) in [4.78, 5) is 0. The van der Waals surface area contributed by atoms with Gasteiger partial charge in [0.25, 0.3) is 0 Å². The van der Waals surface area contributed by atoms with E-state index in [2.05, 4.69) is 63.6 Å². The van der Waals surface area contributed by atoms with Gasteiger partial charge in [-0.15, -0.1) is 0 Å². The van der Waals surface area contributed by atoms with Crippen molar-refractivity contribution in [3.8, 4) is 5.75 Å². The van der Waals surface area contributed by atoms with Crippen LogP contribution in [-0.4, -0.2) is 11.7 Å². The first-order valence-electron chi connectivity index (χ1n) is 6.93. The van der Waals surface area contributed by atoms with Crippen LogP contribution >= 0.6 is 38.5 Å². The third-order valence-corrected chi connectivity index (χ3v) is 5.75. The van der Waals surface area contributed by atoms with Gasteiger partial charge in [0.2, 0.25) is 0 Å². The summed E-state index contributed by atoms with van der Waals surface area (Å²) in [6.45, 7) is 2.80.